The Morgan fingerprint density at radius 3 is 2.58 bits per heavy atom. The molecule has 1 unspecified atom stereocenters. The Labute approximate surface area is 73.8 Å². The number of rotatable bonds is 5. The van der Waals surface area contributed by atoms with Crippen molar-refractivity contribution >= 4 is 12.7 Å². The van der Waals surface area contributed by atoms with E-state index in [0.717, 1.165) is 12.8 Å². The monoisotopic (exact) mass is 171 g/mol. The second kappa shape index (κ2) is 4.91. The molecule has 3 nitrogen and oxygen atoms in total. The lowest BCUT2D eigenvalue weighted by Crippen LogP contribution is -2.34. The van der Waals surface area contributed by atoms with Gasteiger partial charge in [0, 0.05) is 0 Å². The van der Waals surface area contributed by atoms with Crippen molar-refractivity contribution in [3.63, 3.8) is 0 Å². The third-order valence-corrected chi connectivity index (χ3v) is 1.99. The number of methoxy groups -OCH3 is 1. The van der Waals surface area contributed by atoms with Gasteiger partial charge in [0.05, 0.1) is 7.11 Å². The number of unbranched alkanes of at least 4 members (excludes halogenated alkanes) is 1. The van der Waals surface area contributed by atoms with Crippen molar-refractivity contribution < 1.29 is 9.53 Å². The highest BCUT2D eigenvalue weighted by atomic mass is 16.5. The molecule has 0 radical (unpaired) electrons. The fraction of sp³-hybridized carbons (Fsp3) is 0.778. The lowest BCUT2D eigenvalue weighted by Gasteiger charge is -2.20. The summed E-state index contributed by atoms with van der Waals surface area (Å²) < 4.78 is 4.63. The predicted octanol–water partition coefficient (Wildman–Crippen LogP) is 1.81. The molecule has 0 saturated heterocycles. The van der Waals surface area contributed by atoms with Gasteiger partial charge in [-0.15, -0.1) is 0 Å². The van der Waals surface area contributed by atoms with Crippen molar-refractivity contribution in [1.29, 1.82) is 0 Å². The third kappa shape index (κ3) is 2.64. The van der Waals surface area contributed by atoms with E-state index in [1.807, 2.05) is 0 Å². The molecule has 0 saturated carbocycles. The van der Waals surface area contributed by atoms with Crippen LogP contribution in [0.5, 0.6) is 0 Å². The summed E-state index contributed by atoms with van der Waals surface area (Å²) in [5, 5.41) is 0. The minimum absolute atomic E-state index is 0.300. The number of carbonyl (C=O) groups is 1. The van der Waals surface area contributed by atoms with Gasteiger partial charge in [-0.2, -0.15) is 0 Å². The van der Waals surface area contributed by atoms with Crippen LogP contribution in [0.25, 0.3) is 0 Å². The molecule has 70 valence electrons. The minimum Gasteiger partial charge on any atom is -0.467 e. The first kappa shape index (κ1) is 11.1. The summed E-state index contributed by atoms with van der Waals surface area (Å²) in [6.45, 7) is 7.23. The number of nitrogens with zero attached hydrogens (tertiary/aromatic N) is 1. The summed E-state index contributed by atoms with van der Waals surface area (Å²) in [5.41, 5.74) is -0.745. The molecular weight excluding hydrogens is 154 g/mol. The van der Waals surface area contributed by atoms with Gasteiger partial charge in [-0.3, -0.25) is 4.99 Å². The minimum atomic E-state index is -0.745. The number of aliphatic imine (C=N–C) groups is 1. The Morgan fingerprint density at radius 1 is 1.67 bits per heavy atom. The maximum atomic E-state index is 11.2. The molecule has 0 bridgehead atoms. The molecule has 0 rings (SSSR count). The van der Waals surface area contributed by atoms with Crippen LogP contribution in [0.1, 0.15) is 33.1 Å². The number of ether oxygens (including phenoxy) is 1. The fourth-order valence-corrected chi connectivity index (χ4v) is 0.987. The van der Waals surface area contributed by atoms with Crippen molar-refractivity contribution in [3.05, 3.63) is 0 Å². The van der Waals surface area contributed by atoms with Gasteiger partial charge in [0.1, 0.15) is 0 Å². The van der Waals surface area contributed by atoms with Crippen molar-refractivity contribution in [2.24, 2.45) is 4.99 Å². The summed E-state index contributed by atoms with van der Waals surface area (Å²) in [4.78, 5) is 15.0. The van der Waals surface area contributed by atoms with Gasteiger partial charge in [-0.1, -0.05) is 19.8 Å². The molecule has 0 spiro atoms. The van der Waals surface area contributed by atoms with Crippen LogP contribution in [0.4, 0.5) is 0 Å². The van der Waals surface area contributed by atoms with Crippen molar-refractivity contribution in [3.8, 4) is 0 Å². The van der Waals surface area contributed by atoms with Crippen LogP contribution in [0.15, 0.2) is 4.99 Å². The Kier molecular flexibility index (Phi) is 4.55. The molecule has 0 N–H and O–H groups in total. The summed E-state index contributed by atoms with van der Waals surface area (Å²) in [7, 11) is 1.37. The Balaban J connectivity index is 4.23. The lowest BCUT2D eigenvalue weighted by atomic mass is 9.96. The average Bonchev–Trinajstić information content (AvgIpc) is 2.12. The summed E-state index contributed by atoms with van der Waals surface area (Å²) in [5.74, 6) is -0.300. The first-order valence-electron chi connectivity index (χ1n) is 4.17. The zero-order valence-corrected chi connectivity index (χ0v) is 8.09. The van der Waals surface area contributed by atoms with Gasteiger partial charge in [0.2, 0.25) is 0 Å². The predicted molar refractivity (Wildman–Crippen MR) is 49.5 cm³/mol. The number of hydrogen-bond donors (Lipinski definition) is 0. The molecule has 0 aromatic rings. The number of hydrogen-bond acceptors (Lipinski definition) is 3. The van der Waals surface area contributed by atoms with Crippen molar-refractivity contribution in [1.82, 2.24) is 0 Å². The molecule has 0 aromatic heterocycles. The average molecular weight is 171 g/mol. The Hall–Kier alpha value is -0.860. The molecule has 0 heterocycles. The molecule has 1 atom stereocenters. The number of carbonyl (C=O) groups excluding carboxylic acids is 1. The standard InChI is InChI=1S/C9H17NO2/c1-5-6-7-9(2,10-3)8(11)12-4/h3,5-7H2,1-2,4H3. The largest absolute Gasteiger partial charge is 0.467 e. The Bertz CT molecular complexity index is 168. The van der Waals surface area contributed by atoms with E-state index in [0.29, 0.717) is 6.42 Å². The van der Waals surface area contributed by atoms with Gasteiger partial charge in [0.25, 0.3) is 0 Å². The quantitative estimate of drug-likeness (QED) is 0.467. The Morgan fingerprint density at radius 2 is 2.25 bits per heavy atom. The van der Waals surface area contributed by atoms with Gasteiger partial charge in [0.15, 0.2) is 5.54 Å². The molecule has 0 aliphatic rings. The maximum Gasteiger partial charge on any atom is 0.333 e. The molecular formula is C9H17NO2. The molecule has 0 aliphatic carbocycles. The van der Waals surface area contributed by atoms with Crippen LogP contribution < -0.4 is 0 Å². The topological polar surface area (TPSA) is 38.7 Å². The second-order valence-electron chi connectivity index (χ2n) is 3.03. The second-order valence-corrected chi connectivity index (χ2v) is 3.03. The van der Waals surface area contributed by atoms with Gasteiger partial charge >= 0.3 is 5.97 Å². The molecule has 0 fully saturated rings. The molecule has 12 heavy (non-hydrogen) atoms. The van der Waals surface area contributed by atoms with Crippen LogP contribution >= 0.6 is 0 Å². The van der Waals surface area contributed by atoms with Crippen LogP contribution in [0.3, 0.4) is 0 Å². The first-order chi connectivity index (χ1) is 5.60. The van der Waals surface area contributed by atoms with E-state index in [1.165, 1.54) is 7.11 Å². The molecule has 0 amide bonds. The van der Waals surface area contributed by atoms with Gasteiger partial charge in [-0.25, -0.2) is 4.79 Å². The van der Waals surface area contributed by atoms with E-state index >= 15 is 0 Å². The molecule has 0 aliphatic heterocycles. The van der Waals surface area contributed by atoms with E-state index in [9.17, 15) is 4.79 Å². The molecule has 3 heteroatoms. The third-order valence-electron chi connectivity index (χ3n) is 1.99. The van der Waals surface area contributed by atoms with E-state index in [4.69, 9.17) is 0 Å². The summed E-state index contributed by atoms with van der Waals surface area (Å²) in [6.07, 6.45) is 2.71. The van der Waals surface area contributed by atoms with Crippen molar-refractivity contribution in [2.75, 3.05) is 7.11 Å². The summed E-state index contributed by atoms with van der Waals surface area (Å²) in [6, 6.07) is 0. The highest BCUT2D eigenvalue weighted by Crippen LogP contribution is 2.19. The SMILES string of the molecule is C=NC(C)(CCCC)C(=O)OC. The van der Waals surface area contributed by atoms with Gasteiger partial charge < -0.3 is 4.74 Å². The maximum absolute atomic E-state index is 11.2. The fourth-order valence-electron chi connectivity index (χ4n) is 0.987. The van der Waals surface area contributed by atoms with Crippen LogP contribution in [-0.4, -0.2) is 25.3 Å². The van der Waals surface area contributed by atoms with Gasteiger partial charge in [-0.05, 0) is 20.1 Å². The summed E-state index contributed by atoms with van der Waals surface area (Å²) >= 11 is 0. The highest BCUT2D eigenvalue weighted by molar-refractivity contribution is 5.81. The zero-order valence-electron chi connectivity index (χ0n) is 8.09. The number of esters is 1. The van der Waals surface area contributed by atoms with Crippen LogP contribution in [0, 0.1) is 0 Å². The van der Waals surface area contributed by atoms with E-state index in [-0.39, 0.29) is 5.97 Å². The highest BCUT2D eigenvalue weighted by Gasteiger charge is 2.31. The normalized spacial score (nSPS) is 14.9. The lowest BCUT2D eigenvalue weighted by molar-refractivity contribution is -0.146. The van der Waals surface area contributed by atoms with E-state index in [2.05, 4.69) is 23.4 Å². The smallest absolute Gasteiger partial charge is 0.333 e. The zero-order chi connectivity index (χ0) is 9.61. The van der Waals surface area contributed by atoms with Crippen LogP contribution in [-0.2, 0) is 9.53 Å². The van der Waals surface area contributed by atoms with E-state index < -0.39 is 5.54 Å². The van der Waals surface area contributed by atoms with E-state index in [1.54, 1.807) is 6.92 Å². The van der Waals surface area contributed by atoms with Crippen molar-refractivity contribution in [2.45, 2.75) is 38.6 Å². The van der Waals surface area contributed by atoms with Crippen LogP contribution in [0.2, 0.25) is 0 Å². The molecule has 0 aromatic carbocycles. The first-order valence-corrected chi connectivity index (χ1v) is 4.17.